The van der Waals surface area contributed by atoms with Gasteiger partial charge in [-0.3, -0.25) is 9.59 Å². The largest absolute Gasteiger partial charge is 0.469 e. The summed E-state index contributed by atoms with van der Waals surface area (Å²) < 4.78 is 11.1. The number of ether oxygens (including phenoxy) is 2. The highest BCUT2D eigenvalue weighted by molar-refractivity contribution is 5.89. The molecule has 1 heterocycles. The van der Waals surface area contributed by atoms with Crippen LogP contribution in [0.1, 0.15) is 52.4 Å². The Morgan fingerprint density at radius 2 is 1.88 bits per heavy atom. The summed E-state index contributed by atoms with van der Waals surface area (Å²) in [6, 6.07) is 0. The average molecular weight is 361 g/mol. The molecule has 3 fully saturated rings. The van der Waals surface area contributed by atoms with Crippen molar-refractivity contribution in [1.82, 2.24) is 5.32 Å². The van der Waals surface area contributed by atoms with Crippen LogP contribution in [0.25, 0.3) is 0 Å². The van der Waals surface area contributed by atoms with Gasteiger partial charge in [-0.25, -0.2) is 0 Å². The van der Waals surface area contributed by atoms with E-state index in [1.54, 1.807) is 13.2 Å². The molecule has 0 aromatic carbocycles. The molecular weight excluding hydrogens is 330 g/mol. The Balaban J connectivity index is 1.69. The van der Waals surface area contributed by atoms with Gasteiger partial charge in [0.05, 0.1) is 13.0 Å². The molecule has 5 nitrogen and oxygen atoms in total. The minimum Gasteiger partial charge on any atom is -0.469 e. The van der Waals surface area contributed by atoms with E-state index in [2.05, 4.69) is 25.2 Å². The Kier molecular flexibility index (Phi) is 4.03. The number of methoxy groups -OCH3 is 2. The fourth-order valence-corrected chi connectivity index (χ4v) is 7.22. The van der Waals surface area contributed by atoms with Crippen molar-refractivity contribution in [3.05, 3.63) is 12.2 Å². The molecule has 0 spiro atoms. The predicted octanol–water partition coefficient (Wildman–Crippen LogP) is 3.05. The number of nitrogens with one attached hydrogen (secondary N) is 1. The Morgan fingerprint density at radius 1 is 1.12 bits per heavy atom. The summed E-state index contributed by atoms with van der Waals surface area (Å²) in [6.07, 6.45) is 9.78. The van der Waals surface area contributed by atoms with E-state index < -0.39 is 5.72 Å². The standard InChI is InChI=1S/C21H31NO4/c1-19-10-8-15-13(14(19)5-6-16(19)18(24)25-3)7-12-21(26-4)20(15,2)11-9-17(23)22-21/h9,11,13-16H,5-8,10,12H2,1-4H3,(H,22,23)/t13-,14-,15-,16+,19-,20+,21?/m0/s1. The summed E-state index contributed by atoms with van der Waals surface area (Å²) in [5.74, 6) is 1.51. The number of fused-ring (bicyclic) bond motifs is 5. The van der Waals surface area contributed by atoms with E-state index in [1.165, 1.54) is 7.11 Å². The monoisotopic (exact) mass is 361 g/mol. The number of esters is 1. The van der Waals surface area contributed by atoms with Gasteiger partial charge in [-0.2, -0.15) is 0 Å². The summed E-state index contributed by atoms with van der Waals surface area (Å²) >= 11 is 0. The number of amides is 1. The average Bonchev–Trinajstić information content (AvgIpc) is 2.99. The topological polar surface area (TPSA) is 64.6 Å². The molecule has 1 amide bonds. The van der Waals surface area contributed by atoms with E-state index in [9.17, 15) is 9.59 Å². The number of hydrogen-bond donors (Lipinski definition) is 1. The van der Waals surface area contributed by atoms with Gasteiger partial charge >= 0.3 is 5.97 Å². The van der Waals surface area contributed by atoms with Gasteiger partial charge in [0.1, 0.15) is 5.72 Å². The highest BCUT2D eigenvalue weighted by atomic mass is 16.5. The van der Waals surface area contributed by atoms with E-state index in [0.29, 0.717) is 17.8 Å². The van der Waals surface area contributed by atoms with Crippen LogP contribution < -0.4 is 5.32 Å². The summed E-state index contributed by atoms with van der Waals surface area (Å²) in [5, 5.41) is 3.14. The lowest BCUT2D eigenvalue weighted by Gasteiger charge is -2.62. The fraction of sp³-hybridized carbons (Fsp3) is 0.810. The molecular formula is C21H31NO4. The smallest absolute Gasteiger partial charge is 0.309 e. The lowest BCUT2D eigenvalue weighted by atomic mass is 9.47. The zero-order valence-corrected chi connectivity index (χ0v) is 16.3. The van der Waals surface area contributed by atoms with E-state index >= 15 is 0 Å². The second-order valence-electron chi connectivity index (χ2n) is 9.25. The molecule has 0 radical (unpaired) electrons. The van der Waals surface area contributed by atoms with Gasteiger partial charge in [-0.1, -0.05) is 19.9 Å². The lowest BCUT2D eigenvalue weighted by Crippen LogP contribution is -2.68. The lowest BCUT2D eigenvalue weighted by molar-refractivity contribution is -0.201. The predicted molar refractivity (Wildman–Crippen MR) is 96.9 cm³/mol. The van der Waals surface area contributed by atoms with Crippen molar-refractivity contribution < 1.29 is 19.1 Å². The van der Waals surface area contributed by atoms with Crippen LogP contribution in [-0.2, 0) is 19.1 Å². The first-order valence-electron chi connectivity index (χ1n) is 9.96. The van der Waals surface area contributed by atoms with Crippen LogP contribution >= 0.6 is 0 Å². The SMILES string of the molecule is COC(=O)[C@H]1CC[C@H]2[C@@H]3CCC4(OC)NC(=O)C=C[C@]4(C)[C@H]3CC[C@]12C. The Labute approximate surface area is 155 Å². The minimum atomic E-state index is -0.603. The number of rotatable bonds is 2. The number of carbonyl (C=O) groups excluding carboxylic acids is 2. The maximum Gasteiger partial charge on any atom is 0.309 e. The quantitative estimate of drug-likeness (QED) is 0.768. The first kappa shape index (κ1) is 18.0. The van der Waals surface area contributed by atoms with Crippen LogP contribution in [-0.4, -0.2) is 31.8 Å². The van der Waals surface area contributed by atoms with E-state index in [1.807, 2.05) is 0 Å². The second-order valence-corrected chi connectivity index (χ2v) is 9.25. The van der Waals surface area contributed by atoms with Crippen LogP contribution in [0.2, 0.25) is 0 Å². The fourth-order valence-electron chi connectivity index (χ4n) is 7.22. The van der Waals surface area contributed by atoms with Gasteiger partial charge in [0.2, 0.25) is 5.91 Å². The molecule has 3 aliphatic carbocycles. The highest BCUT2D eigenvalue weighted by Crippen LogP contribution is 2.66. The van der Waals surface area contributed by atoms with Crippen molar-refractivity contribution >= 4 is 11.9 Å². The molecule has 4 rings (SSSR count). The zero-order chi connectivity index (χ0) is 18.7. The molecule has 1 unspecified atom stereocenters. The van der Waals surface area contributed by atoms with Crippen molar-refractivity contribution in [2.24, 2.45) is 34.5 Å². The third-order valence-electron chi connectivity index (χ3n) is 8.65. The molecule has 0 aromatic rings. The Hall–Kier alpha value is -1.36. The van der Waals surface area contributed by atoms with Crippen molar-refractivity contribution in [1.29, 1.82) is 0 Å². The molecule has 7 atom stereocenters. The van der Waals surface area contributed by atoms with Crippen LogP contribution in [0.4, 0.5) is 0 Å². The third kappa shape index (κ3) is 2.12. The first-order chi connectivity index (χ1) is 12.3. The van der Waals surface area contributed by atoms with Crippen molar-refractivity contribution in [2.45, 2.75) is 58.1 Å². The van der Waals surface area contributed by atoms with Crippen molar-refractivity contribution in [3.63, 3.8) is 0 Å². The van der Waals surface area contributed by atoms with E-state index in [4.69, 9.17) is 9.47 Å². The maximum absolute atomic E-state index is 12.4. The molecule has 0 bridgehead atoms. The molecule has 144 valence electrons. The number of hydrogen-bond acceptors (Lipinski definition) is 4. The highest BCUT2D eigenvalue weighted by Gasteiger charge is 2.65. The molecule has 5 heteroatoms. The zero-order valence-electron chi connectivity index (χ0n) is 16.3. The summed E-state index contributed by atoms with van der Waals surface area (Å²) in [4.78, 5) is 24.4. The van der Waals surface area contributed by atoms with Gasteiger partial charge < -0.3 is 14.8 Å². The van der Waals surface area contributed by atoms with Crippen molar-refractivity contribution in [3.8, 4) is 0 Å². The molecule has 1 aliphatic heterocycles. The normalized spacial score (nSPS) is 49.6. The van der Waals surface area contributed by atoms with Crippen LogP contribution in [0.5, 0.6) is 0 Å². The molecule has 4 aliphatic rings. The van der Waals surface area contributed by atoms with Gasteiger partial charge in [0, 0.05) is 12.5 Å². The third-order valence-corrected chi connectivity index (χ3v) is 8.65. The van der Waals surface area contributed by atoms with Crippen LogP contribution in [0.15, 0.2) is 12.2 Å². The van der Waals surface area contributed by atoms with E-state index in [0.717, 1.165) is 38.5 Å². The Morgan fingerprint density at radius 3 is 2.58 bits per heavy atom. The Bertz CT molecular complexity index is 660. The molecule has 26 heavy (non-hydrogen) atoms. The van der Waals surface area contributed by atoms with Gasteiger partial charge in [-0.15, -0.1) is 0 Å². The number of carbonyl (C=O) groups is 2. The summed E-state index contributed by atoms with van der Waals surface area (Å²) in [5.41, 5.74) is -0.767. The van der Waals surface area contributed by atoms with E-state index in [-0.39, 0.29) is 28.6 Å². The molecule has 3 saturated carbocycles. The van der Waals surface area contributed by atoms with Crippen LogP contribution in [0, 0.1) is 34.5 Å². The molecule has 1 N–H and O–H groups in total. The first-order valence-corrected chi connectivity index (χ1v) is 9.96. The second kappa shape index (κ2) is 5.82. The van der Waals surface area contributed by atoms with Gasteiger partial charge in [0.15, 0.2) is 0 Å². The summed E-state index contributed by atoms with van der Waals surface area (Å²) in [7, 11) is 3.22. The van der Waals surface area contributed by atoms with Gasteiger partial charge in [0.25, 0.3) is 0 Å². The molecule has 0 aromatic heterocycles. The maximum atomic E-state index is 12.4. The molecule has 0 saturated heterocycles. The summed E-state index contributed by atoms with van der Waals surface area (Å²) in [6.45, 7) is 4.56. The van der Waals surface area contributed by atoms with Gasteiger partial charge in [-0.05, 0) is 67.8 Å². The van der Waals surface area contributed by atoms with Crippen LogP contribution in [0.3, 0.4) is 0 Å². The minimum absolute atomic E-state index is 0.0296. The van der Waals surface area contributed by atoms with Crippen molar-refractivity contribution in [2.75, 3.05) is 14.2 Å².